The van der Waals surface area contributed by atoms with Crippen LogP contribution < -0.4 is 10.6 Å². The summed E-state index contributed by atoms with van der Waals surface area (Å²) >= 11 is 0. The third kappa shape index (κ3) is 2.96. The highest BCUT2D eigenvalue weighted by Gasteiger charge is 2.40. The van der Waals surface area contributed by atoms with Gasteiger partial charge in [0.05, 0.1) is 10.3 Å². The second-order valence-corrected chi connectivity index (χ2v) is 5.22. The molecule has 20 heavy (non-hydrogen) atoms. The third-order valence-electron chi connectivity index (χ3n) is 3.77. The molecule has 0 radical (unpaired) electrons. The lowest BCUT2D eigenvalue weighted by molar-refractivity contribution is -0.384. The summed E-state index contributed by atoms with van der Waals surface area (Å²) in [4.78, 5) is 22.8. The van der Waals surface area contributed by atoms with E-state index in [1.165, 1.54) is 12.1 Å². The molecule has 0 bridgehead atoms. The Bertz CT molecular complexity index is 510. The van der Waals surface area contributed by atoms with Crippen LogP contribution in [0, 0.1) is 15.5 Å². The zero-order valence-electron chi connectivity index (χ0n) is 11.5. The number of nitro benzene ring substituents is 1. The van der Waals surface area contributed by atoms with Crippen molar-refractivity contribution >= 4 is 17.3 Å². The van der Waals surface area contributed by atoms with Crippen molar-refractivity contribution in [1.29, 1.82) is 0 Å². The molecule has 2 N–H and O–H groups in total. The average molecular weight is 277 g/mol. The SMILES string of the molecule is CCCC1(C(=O)Nc2cccc([N+](=O)[O-])c2)CCNC1. The lowest BCUT2D eigenvalue weighted by Crippen LogP contribution is -2.38. The lowest BCUT2D eigenvalue weighted by Gasteiger charge is -2.26. The minimum absolute atomic E-state index is 0.0168. The van der Waals surface area contributed by atoms with Crippen LogP contribution in [0.3, 0.4) is 0 Å². The van der Waals surface area contributed by atoms with E-state index in [9.17, 15) is 14.9 Å². The molecule has 0 spiro atoms. The number of nitro groups is 1. The van der Waals surface area contributed by atoms with Crippen LogP contribution in [0.4, 0.5) is 11.4 Å². The first-order valence-corrected chi connectivity index (χ1v) is 6.84. The zero-order valence-corrected chi connectivity index (χ0v) is 11.5. The number of rotatable bonds is 5. The molecule has 1 atom stereocenters. The van der Waals surface area contributed by atoms with Crippen molar-refractivity contribution in [2.75, 3.05) is 18.4 Å². The molecule has 1 fully saturated rings. The number of nitrogens with zero attached hydrogens (tertiary/aromatic N) is 1. The van der Waals surface area contributed by atoms with Gasteiger partial charge in [0.2, 0.25) is 5.91 Å². The van der Waals surface area contributed by atoms with E-state index in [-0.39, 0.29) is 17.0 Å². The van der Waals surface area contributed by atoms with Crippen LogP contribution >= 0.6 is 0 Å². The fourth-order valence-electron chi connectivity index (χ4n) is 2.70. The highest BCUT2D eigenvalue weighted by molar-refractivity contribution is 5.96. The smallest absolute Gasteiger partial charge is 0.271 e. The fourth-order valence-corrected chi connectivity index (χ4v) is 2.70. The van der Waals surface area contributed by atoms with Crippen LogP contribution in [0.2, 0.25) is 0 Å². The van der Waals surface area contributed by atoms with E-state index < -0.39 is 4.92 Å². The summed E-state index contributed by atoms with van der Waals surface area (Å²) in [6.07, 6.45) is 2.56. The van der Waals surface area contributed by atoms with Crippen LogP contribution in [0.1, 0.15) is 26.2 Å². The van der Waals surface area contributed by atoms with Crippen LogP contribution in [-0.4, -0.2) is 23.9 Å². The Kier molecular flexibility index (Phi) is 4.34. The molecule has 0 aromatic heterocycles. The third-order valence-corrected chi connectivity index (χ3v) is 3.77. The molecule has 2 rings (SSSR count). The van der Waals surface area contributed by atoms with E-state index >= 15 is 0 Å². The summed E-state index contributed by atoms with van der Waals surface area (Å²) in [5.41, 5.74) is 0.0720. The molecule has 0 aliphatic carbocycles. The Labute approximate surface area is 117 Å². The number of hydrogen-bond donors (Lipinski definition) is 2. The number of anilines is 1. The number of carbonyl (C=O) groups excluding carboxylic acids is 1. The van der Waals surface area contributed by atoms with Gasteiger partial charge >= 0.3 is 0 Å². The van der Waals surface area contributed by atoms with Gasteiger partial charge in [-0.1, -0.05) is 19.4 Å². The van der Waals surface area contributed by atoms with Gasteiger partial charge in [-0.15, -0.1) is 0 Å². The van der Waals surface area contributed by atoms with E-state index in [1.54, 1.807) is 12.1 Å². The van der Waals surface area contributed by atoms with Crippen LogP contribution in [0.15, 0.2) is 24.3 Å². The largest absolute Gasteiger partial charge is 0.325 e. The molecule has 1 heterocycles. The van der Waals surface area contributed by atoms with Gasteiger partial charge in [-0.05, 0) is 25.5 Å². The topological polar surface area (TPSA) is 84.3 Å². The second kappa shape index (κ2) is 6.00. The lowest BCUT2D eigenvalue weighted by atomic mass is 9.81. The van der Waals surface area contributed by atoms with Gasteiger partial charge < -0.3 is 10.6 Å². The van der Waals surface area contributed by atoms with Gasteiger partial charge in [-0.25, -0.2) is 0 Å². The predicted octanol–water partition coefficient (Wildman–Crippen LogP) is 2.31. The zero-order chi connectivity index (χ0) is 14.6. The van der Waals surface area contributed by atoms with Gasteiger partial charge in [0.15, 0.2) is 0 Å². The Hall–Kier alpha value is -1.95. The monoisotopic (exact) mass is 277 g/mol. The van der Waals surface area contributed by atoms with Crippen LogP contribution in [0.5, 0.6) is 0 Å². The minimum Gasteiger partial charge on any atom is -0.325 e. The highest BCUT2D eigenvalue weighted by Crippen LogP contribution is 2.32. The van der Waals surface area contributed by atoms with E-state index in [2.05, 4.69) is 17.6 Å². The fraction of sp³-hybridized carbons (Fsp3) is 0.500. The first-order valence-electron chi connectivity index (χ1n) is 6.84. The summed E-state index contributed by atoms with van der Waals surface area (Å²) in [6, 6.07) is 6.05. The summed E-state index contributed by atoms with van der Waals surface area (Å²) in [7, 11) is 0. The number of benzene rings is 1. The maximum absolute atomic E-state index is 12.5. The van der Waals surface area contributed by atoms with Crippen molar-refractivity contribution in [3.05, 3.63) is 34.4 Å². The Morgan fingerprint density at radius 2 is 2.35 bits per heavy atom. The van der Waals surface area contributed by atoms with Crippen molar-refractivity contribution in [3.63, 3.8) is 0 Å². The van der Waals surface area contributed by atoms with Gasteiger partial charge in [-0.2, -0.15) is 0 Å². The number of carbonyl (C=O) groups is 1. The number of non-ortho nitro benzene ring substituents is 1. The van der Waals surface area contributed by atoms with E-state index in [0.29, 0.717) is 12.2 Å². The molecular formula is C14H19N3O3. The Morgan fingerprint density at radius 1 is 1.55 bits per heavy atom. The molecule has 1 saturated heterocycles. The summed E-state index contributed by atoms with van der Waals surface area (Å²) in [5, 5.41) is 16.8. The molecule has 1 unspecified atom stereocenters. The van der Waals surface area contributed by atoms with Gasteiger partial charge in [0, 0.05) is 24.4 Å². The molecule has 1 aromatic rings. The van der Waals surface area contributed by atoms with Crippen molar-refractivity contribution in [1.82, 2.24) is 5.32 Å². The molecule has 1 amide bonds. The highest BCUT2D eigenvalue weighted by atomic mass is 16.6. The van der Waals surface area contributed by atoms with Crippen molar-refractivity contribution in [2.24, 2.45) is 5.41 Å². The maximum atomic E-state index is 12.5. The molecule has 6 heteroatoms. The standard InChI is InChI=1S/C14H19N3O3/c1-2-6-14(7-8-15-10-14)13(18)16-11-4-3-5-12(9-11)17(19)20/h3-5,9,15H,2,6-8,10H2,1H3,(H,16,18). The molecule has 6 nitrogen and oxygen atoms in total. The second-order valence-electron chi connectivity index (χ2n) is 5.22. The van der Waals surface area contributed by atoms with Crippen molar-refractivity contribution in [3.8, 4) is 0 Å². The first-order chi connectivity index (χ1) is 9.57. The molecule has 1 aromatic carbocycles. The first kappa shape index (κ1) is 14.5. The van der Waals surface area contributed by atoms with Crippen molar-refractivity contribution in [2.45, 2.75) is 26.2 Å². The summed E-state index contributed by atoms with van der Waals surface area (Å²) in [5.74, 6) is -0.0511. The average Bonchev–Trinajstić information content (AvgIpc) is 2.89. The Morgan fingerprint density at radius 3 is 2.95 bits per heavy atom. The van der Waals surface area contributed by atoms with Crippen LogP contribution in [-0.2, 0) is 4.79 Å². The number of nitrogens with one attached hydrogen (secondary N) is 2. The molecule has 0 saturated carbocycles. The predicted molar refractivity (Wildman–Crippen MR) is 76.6 cm³/mol. The minimum atomic E-state index is -0.464. The summed E-state index contributed by atoms with van der Waals surface area (Å²) < 4.78 is 0. The van der Waals surface area contributed by atoms with E-state index in [1.807, 2.05) is 0 Å². The normalized spacial score (nSPS) is 21.6. The number of amides is 1. The van der Waals surface area contributed by atoms with Crippen LogP contribution in [0.25, 0.3) is 0 Å². The van der Waals surface area contributed by atoms with E-state index in [0.717, 1.165) is 25.8 Å². The quantitative estimate of drug-likeness (QED) is 0.639. The molecule has 1 aliphatic rings. The number of hydrogen-bond acceptors (Lipinski definition) is 4. The molecular weight excluding hydrogens is 258 g/mol. The van der Waals surface area contributed by atoms with Crippen molar-refractivity contribution < 1.29 is 9.72 Å². The maximum Gasteiger partial charge on any atom is 0.271 e. The Balaban J connectivity index is 2.14. The molecule has 1 aliphatic heterocycles. The van der Waals surface area contributed by atoms with Gasteiger partial charge in [0.1, 0.15) is 0 Å². The van der Waals surface area contributed by atoms with Gasteiger partial charge in [-0.3, -0.25) is 14.9 Å². The molecule has 108 valence electrons. The van der Waals surface area contributed by atoms with E-state index in [4.69, 9.17) is 0 Å². The summed E-state index contributed by atoms with van der Waals surface area (Å²) in [6.45, 7) is 3.56. The van der Waals surface area contributed by atoms with Gasteiger partial charge in [0.25, 0.3) is 5.69 Å².